The molecule has 4 aromatic heterocycles. The van der Waals surface area contributed by atoms with Gasteiger partial charge in [-0.2, -0.15) is 0 Å². The van der Waals surface area contributed by atoms with Crippen LogP contribution in [0.5, 0.6) is 0 Å². The number of aromatic nitrogens is 5. The first-order valence-electron chi connectivity index (χ1n) is 8.59. The van der Waals surface area contributed by atoms with Crippen molar-refractivity contribution < 1.29 is 4.42 Å². The first-order chi connectivity index (χ1) is 13.0. The van der Waals surface area contributed by atoms with E-state index >= 15 is 0 Å². The number of thiazole rings is 1. The number of hydrogen-bond donors (Lipinski definition) is 0. The van der Waals surface area contributed by atoms with Crippen LogP contribution in [-0.4, -0.2) is 24.1 Å². The average molecular weight is 402 g/mol. The van der Waals surface area contributed by atoms with Crippen molar-refractivity contribution in [3.8, 4) is 11.6 Å². The molecule has 0 bridgehead atoms. The fourth-order valence-electron chi connectivity index (χ4n) is 2.83. The van der Waals surface area contributed by atoms with Crippen LogP contribution in [0.25, 0.3) is 16.5 Å². The molecule has 4 aromatic rings. The van der Waals surface area contributed by atoms with E-state index in [1.807, 2.05) is 24.4 Å². The molecule has 0 unspecified atom stereocenters. The van der Waals surface area contributed by atoms with Gasteiger partial charge < -0.3 is 4.42 Å². The highest BCUT2D eigenvalue weighted by molar-refractivity contribution is 7.98. The van der Waals surface area contributed by atoms with Crippen LogP contribution >= 0.6 is 23.1 Å². The minimum Gasteiger partial charge on any atom is -0.461 e. The molecular weight excluding hydrogens is 382 g/mol. The second-order valence-electron chi connectivity index (χ2n) is 6.66. The summed E-state index contributed by atoms with van der Waals surface area (Å²) in [6.07, 6.45) is 1.63. The Balaban J connectivity index is 1.62. The summed E-state index contributed by atoms with van der Waals surface area (Å²) in [5, 5.41) is 11.4. The summed E-state index contributed by atoms with van der Waals surface area (Å²) >= 11 is 3.00. The monoisotopic (exact) mass is 401 g/mol. The van der Waals surface area contributed by atoms with Crippen molar-refractivity contribution in [2.45, 2.75) is 38.2 Å². The molecule has 4 heterocycles. The zero-order valence-electron chi connectivity index (χ0n) is 15.2. The Hall–Kier alpha value is -2.39. The molecule has 0 aliphatic heterocycles. The molecule has 0 spiro atoms. The van der Waals surface area contributed by atoms with Crippen LogP contribution in [0.4, 0.5) is 0 Å². The molecular formula is C18H19N5O2S2. The number of aryl methyl sites for hydroxylation is 1. The number of fused-ring (bicyclic) bond motifs is 1. The number of furan rings is 1. The maximum absolute atomic E-state index is 12.3. The lowest BCUT2D eigenvalue weighted by atomic mass is 10.2. The summed E-state index contributed by atoms with van der Waals surface area (Å²) in [6, 6.07) is 5.31. The van der Waals surface area contributed by atoms with Crippen molar-refractivity contribution >= 4 is 28.1 Å². The number of hydrogen-bond acceptors (Lipinski definition) is 7. The summed E-state index contributed by atoms with van der Waals surface area (Å²) in [5.74, 6) is 2.40. The van der Waals surface area contributed by atoms with Crippen molar-refractivity contribution in [1.29, 1.82) is 0 Å². The maximum Gasteiger partial charge on any atom is 0.258 e. The zero-order valence-corrected chi connectivity index (χ0v) is 16.9. The first-order valence-corrected chi connectivity index (χ1v) is 10.5. The normalized spacial score (nSPS) is 11.7. The third kappa shape index (κ3) is 3.57. The molecule has 0 aromatic carbocycles. The molecule has 0 fully saturated rings. The van der Waals surface area contributed by atoms with Gasteiger partial charge >= 0.3 is 0 Å². The molecule has 140 valence electrons. The summed E-state index contributed by atoms with van der Waals surface area (Å²) in [7, 11) is 0. The van der Waals surface area contributed by atoms with Crippen molar-refractivity contribution in [3.05, 3.63) is 51.6 Å². The second-order valence-corrected chi connectivity index (χ2v) is 8.44. The number of nitrogens with zero attached hydrogens (tertiary/aromatic N) is 5. The van der Waals surface area contributed by atoms with Crippen LogP contribution in [0.1, 0.15) is 25.2 Å². The highest BCUT2D eigenvalue weighted by Gasteiger charge is 2.18. The van der Waals surface area contributed by atoms with E-state index in [0.29, 0.717) is 23.3 Å². The van der Waals surface area contributed by atoms with Gasteiger partial charge in [0.05, 0.1) is 12.0 Å². The predicted octanol–water partition coefficient (Wildman–Crippen LogP) is 3.86. The smallest absolute Gasteiger partial charge is 0.258 e. The van der Waals surface area contributed by atoms with Crippen molar-refractivity contribution in [1.82, 2.24) is 24.1 Å². The van der Waals surface area contributed by atoms with Gasteiger partial charge in [-0.15, -0.1) is 21.5 Å². The Morgan fingerprint density at radius 2 is 2.19 bits per heavy atom. The van der Waals surface area contributed by atoms with Gasteiger partial charge in [0, 0.05) is 29.4 Å². The molecule has 0 saturated heterocycles. The van der Waals surface area contributed by atoms with E-state index in [4.69, 9.17) is 4.42 Å². The van der Waals surface area contributed by atoms with Gasteiger partial charge in [0.25, 0.3) is 5.56 Å². The molecule has 0 aliphatic rings. The van der Waals surface area contributed by atoms with Gasteiger partial charge in [-0.3, -0.25) is 13.8 Å². The molecule has 7 nitrogen and oxygen atoms in total. The van der Waals surface area contributed by atoms with E-state index in [-0.39, 0.29) is 5.56 Å². The van der Waals surface area contributed by atoms with E-state index in [1.54, 1.807) is 16.7 Å². The molecule has 27 heavy (non-hydrogen) atoms. The van der Waals surface area contributed by atoms with E-state index in [0.717, 1.165) is 28.0 Å². The van der Waals surface area contributed by atoms with Gasteiger partial charge in [0.15, 0.2) is 21.7 Å². The fraction of sp³-hybridized carbons (Fsp3) is 0.333. The maximum atomic E-state index is 12.3. The Labute approximate surface area is 164 Å². The molecule has 0 atom stereocenters. The van der Waals surface area contributed by atoms with Crippen LogP contribution in [0.15, 0.2) is 44.2 Å². The Morgan fingerprint density at radius 1 is 1.33 bits per heavy atom. The third-order valence-corrected chi connectivity index (χ3v) is 5.93. The van der Waals surface area contributed by atoms with Crippen LogP contribution in [0.2, 0.25) is 0 Å². The Bertz CT molecular complexity index is 1120. The largest absolute Gasteiger partial charge is 0.461 e. The van der Waals surface area contributed by atoms with Crippen LogP contribution in [0.3, 0.4) is 0 Å². The minimum absolute atomic E-state index is 0.0470. The highest BCUT2D eigenvalue weighted by atomic mass is 32.2. The predicted molar refractivity (Wildman–Crippen MR) is 106 cm³/mol. The fourth-order valence-corrected chi connectivity index (χ4v) is 4.56. The molecule has 0 aliphatic carbocycles. The summed E-state index contributed by atoms with van der Waals surface area (Å²) in [6.45, 7) is 6.99. The lowest BCUT2D eigenvalue weighted by Gasteiger charge is -2.11. The minimum atomic E-state index is -0.0470. The van der Waals surface area contributed by atoms with Crippen molar-refractivity contribution in [2.75, 3.05) is 0 Å². The Kier molecular flexibility index (Phi) is 4.88. The van der Waals surface area contributed by atoms with Gasteiger partial charge in [0.1, 0.15) is 0 Å². The number of thioether (sulfide) groups is 1. The van der Waals surface area contributed by atoms with Gasteiger partial charge in [-0.05, 0) is 25.0 Å². The van der Waals surface area contributed by atoms with Gasteiger partial charge in [0.2, 0.25) is 0 Å². The molecule has 0 N–H and O–H groups in total. The molecule has 0 amide bonds. The lowest BCUT2D eigenvalue weighted by molar-refractivity contribution is 0.489. The topological polar surface area (TPSA) is 78.2 Å². The molecule has 9 heteroatoms. The van der Waals surface area contributed by atoms with Crippen LogP contribution < -0.4 is 5.56 Å². The van der Waals surface area contributed by atoms with Crippen LogP contribution in [0, 0.1) is 12.8 Å². The van der Waals surface area contributed by atoms with Crippen molar-refractivity contribution in [2.24, 2.45) is 5.92 Å². The quantitative estimate of drug-likeness (QED) is 0.457. The van der Waals surface area contributed by atoms with E-state index in [1.165, 1.54) is 23.1 Å². The summed E-state index contributed by atoms with van der Waals surface area (Å²) in [4.78, 5) is 17.7. The first kappa shape index (κ1) is 18.0. The van der Waals surface area contributed by atoms with E-state index in [9.17, 15) is 4.79 Å². The van der Waals surface area contributed by atoms with E-state index in [2.05, 4.69) is 33.6 Å². The molecule has 0 radical (unpaired) electrons. The second kappa shape index (κ2) is 7.32. The Morgan fingerprint density at radius 3 is 2.93 bits per heavy atom. The third-order valence-electron chi connectivity index (χ3n) is 3.98. The average Bonchev–Trinajstić information content (AvgIpc) is 3.33. The summed E-state index contributed by atoms with van der Waals surface area (Å²) in [5.41, 5.74) is 1.60. The van der Waals surface area contributed by atoms with Crippen molar-refractivity contribution in [3.63, 3.8) is 0 Å². The SMILES string of the molecule is Cc1csc2nc(CSc3nnc(-c4ccco4)n3CC(C)C)cc(=O)n12. The highest BCUT2D eigenvalue weighted by Crippen LogP contribution is 2.27. The van der Waals surface area contributed by atoms with Gasteiger partial charge in [-0.25, -0.2) is 4.98 Å². The van der Waals surface area contributed by atoms with E-state index < -0.39 is 0 Å². The standard InChI is InChI=1S/C18H19N5O2S2/c1-11(2)8-22-16(14-5-4-6-25-14)20-21-18(22)27-10-13-7-15(24)23-12(3)9-26-17(23)19-13/h4-7,9,11H,8,10H2,1-3H3. The molecule has 0 saturated carbocycles. The zero-order chi connectivity index (χ0) is 19.0. The molecule has 4 rings (SSSR count). The number of rotatable bonds is 6. The van der Waals surface area contributed by atoms with Crippen LogP contribution in [-0.2, 0) is 12.3 Å². The summed E-state index contributed by atoms with van der Waals surface area (Å²) < 4.78 is 9.19. The lowest BCUT2D eigenvalue weighted by Crippen LogP contribution is -2.14. The van der Waals surface area contributed by atoms with Gasteiger partial charge in [-0.1, -0.05) is 25.6 Å².